The predicted molar refractivity (Wildman–Crippen MR) is 136 cm³/mol. The number of anilines is 2. The molecule has 0 aliphatic carbocycles. The second-order valence-corrected chi connectivity index (χ2v) is 8.40. The third kappa shape index (κ3) is 5.55. The number of hydrogen-bond donors (Lipinski definition) is 1. The highest BCUT2D eigenvalue weighted by Crippen LogP contribution is 2.28. The Kier molecular flexibility index (Phi) is 7.65. The molecule has 0 spiro atoms. The van der Waals surface area contributed by atoms with Gasteiger partial charge in [0.1, 0.15) is 11.9 Å². The number of rotatable bonds is 8. The summed E-state index contributed by atoms with van der Waals surface area (Å²) >= 11 is 5.62. The normalized spacial score (nSPS) is 15.2. The molecule has 0 saturated carbocycles. The van der Waals surface area contributed by atoms with Gasteiger partial charge < -0.3 is 15.0 Å². The third-order valence-corrected chi connectivity index (χ3v) is 6.12. The molecule has 1 aliphatic heterocycles. The van der Waals surface area contributed by atoms with E-state index in [1.165, 1.54) is 48.4 Å². The van der Waals surface area contributed by atoms with Crippen LogP contribution < -0.4 is 10.2 Å². The fraction of sp³-hybridized carbons (Fsp3) is 0.192. The molecule has 2 aromatic carbocycles. The lowest BCUT2D eigenvalue weighted by molar-refractivity contribution is -0.124. The van der Waals surface area contributed by atoms with Gasteiger partial charge in [-0.2, -0.15) is 0 Å². The molecule has 1 N–H and O–H groups in total. The first kappa shape index (κ1) is 24.9. The average Bonchev–Trinajstić information content (AvgIpc) is 3.12. The Labute approximate surface area is 212 Å². The number of nitrogens with one attached hydrogen (secondary N) is 1. The molecule has 0 bridgehead atoms. The van der Waals surface area contributed by atoms with Crippen LogP contribution in [0.15, 0.2) is 72.9 Å². The standard InChI is InChI=1S/C26H23FN4O4S/c1-35-25(34)17-5-9-20(10-6-17)29-23(32)16-22-24(33)31(21-11-7-18(27)8-12-21)26(36)30(22)15-13-19-4-2-3-14-28-19/h2-12,14,22H,13,15-16H2,1H3,(H,29,32). The summed E-state index contributed by atoms with van der Waals surface area (Å²) in [7, 11) is 1.29. The summed E-state index contributed by atoms with van der Waals surface area (Å²) < 4.78 is 18.1. The van der Waals surface area contributed by atoms with Crippen LogP contribution in [0.25, 0.3) is 0 Å². The minimum atomic E-state index is -0.847. The van der Waals surface area contributed by atoms with E-state index in [0.29, 0.717) is 29.9 Å². The first-order valence-corrected chi connectivity index (χ1v) is 11.6. The third-order valence-electron chi connectivity index (χ3n) is 5.71. The minimum absolute atomic E-state index is 0.155. The van der Waals surface area contributed by atoms with Crippen molar-refractivity contribution in [3.63, 3.8) is 0 Å². The number of carbonyl (C=O) groups is 3. The summed E-state index contributed by atoms with van der Waals surface area (Å²) in [6, 6.07) is 16.4. The zero-order valence-electron chi connectivity index (χ0n) is 19.4. The van der Waals surface area contributed by atoms with E-state index in [1.54, 1.807) is 23.2 Å². The number of halogens is 1. The summed E-state index contributed by atoms with van der Waals surface area (Å²) in [4.78, 5) is 45.3. The molecule has 2 amide bonds. The lowest BCUT2D eigenvalue weighted by Gasteiger charge is -2.23. The van der Waals surface area contributed by atoms with Gasteiger partial charge in [0.2, 0.25) is 5.91 Å². The molecule has 2 heterocycles. The molecule has 3 aromatic rings. The van der Waals surface area contributed by atoms with Crippen LogP contribution in [-0.4, -0.2) is 52.5 Å². The Morgan fingerprint density at radius 1 is 1.08 bits per heavy atom. The molecule has 1 atom stereocenters. The van der Waals surface area contributed by atoms with Gasteiger partial charge in [0, 0.05) is 30.5 Å². The van der Waals surface area contributed by atoms with Crippen molar-refractivity contribution in [2.75, 3.05) is 23.9 Å². The van der Waals surface area contributed by atoms with Crippen LogP contribution in [0, 0.1) is 5.82 Å². The first-order chi connectivity index (χ1) is 17.4. The number of amides is 2. The maximum absolute atomic E-state index is 13.5. The highest BCUT2D eigenvalue weighted by Gasteiger charge is 2.44. The Morgan fingerprint density at radius 3 is 2.44 bits per heavy atom. The number of methoxy groups -OCH3 is 1. The fourth-order valence-corrected chi connectivity index (χ4v) is 4.31. The Morgan fingerprint density at radius 2 is 1.81 bits per heavy atom. The summed E-state index contributed by atoms with van der Waals surface area (Å²) in [5.74, 6) is -1.69. The zero-order valence-corrected chi connectivity index (χ0v) is 20.2. The van der Waals surface area contributed by atoms with E-state index in [1.807, 2.05) is 18.2 Å². The molecule has 184 valence electrons. The molecule has 0 radical (unpaired) electrons. The number of hydrogen-bond acceptors (Lipinski definition) is 6. The quantitative estimate of drug-likeness (QED) is 0.369. The molecule has 1 aliphatic rings. The van der Waals surface area contributed by atoms with Gasteiger partial charge in [0.25, 0.3) is 5.91 Å². The number of nitrogens with zero attached hydrogens (tertiary/aromatic N) is 3. The molecule has 4 rings (SSSR count). The van der Waals surface area contributed by atoms with Crippen molar-refractivity contribution in [3.8, 4) is 0 Å². The number of benzene rings is 2. The van der Waals surface area contributed by atoms with Crippen LogP contribution in [0.2, 0.25) is 0 Å². The topological polar surface area (TPSA) is 91.8 Å². The minimum Gasteiger partial charge on any atom is -0.465 e. The predicted octanol–water partition coefficient (Wildman–Crippen LogP) is 3.58. The van der Waals surface area contributed by atoms with E-state index in [-0.39, 0.29) is 17.4 Å². The van der Waals surface area contributed by atoms with Crippen molar-refractivity contribution in [2.45, 2.75) is 18.9 Å². The van der Waals surface area contributed by atoms with E-state index < -0.39 is 23.7 Å². The van der Waals surface area contributed by atoms with E-state index in [0.717, 1.165) is 5.69 Å². The number of aromatic nitrogens is 1. The SMILES string of the molecule is COC(=O)c1ccc(NC(=O)CC2C(=O)N(c3ccc(F)cc3)C(=S)N2CCc2ccccn2)cc1. The number of ether oxygens (including phenoxy) is 1. The van der Waals surface area contributed by atoms with Gasteiger partial charge >= 0.3 is 5.97 Å². The van der Waals surface area contributed by atoms with Gasteiger partial charge in [-0.1, -0.05) is 6.07 Å². The smallest absolute Gasteiger partial charge is 0.337 e. The number of thiocarbonyl (C=S) groups is 1. The maximum atomic E-state index is 13.5. The summed E-state index contributed by atoms with van der Waals surface area (Å²) in [6.07, 6.45) is 2.04. The second-order valence-electron chi connectivity index (χ2n) is 8.03. The molecular formula is C26H23FN4O4S. The number of carbonyl (C=O) groups excluding carboxylic acids is 3. The van der Waals surface area contributed by atoms with Gasteiger partial charge in [0.05, 0.1) is 24.8 Å². The average molecular weight is 507 g/mol. The zero-order chi connectivity index (χ0) is 25.7. The highest BCUT2D eigenvalue weighted by molar-refractivity contribution is 7.80. The van der Waals surface area contributed by atoms with Crippen molar-refractivity contribution in [1.82, 2.24) is 9.88 Å². The van der Waals surface area contributed by atoms with Crippen LogP contribution in [0.1, 0.15) is 22.5 Å². The molecule has 1 fully saturated rings. The Bertz CT molecular complexity index is 1270. The van der Waals surface area contributed by atoms with Crippen molar-refractivity contribution in [2.24, 2.45) is 0 Å². The molecule has 10 heteroatoms. The van der Waals surface area contributed by atoms with E-state index >= 15 is 0 Å². The summed E-state index contributed by atoms with van der Waals surface area (Å²) in [5.41, 5.74) is 2.07. The van der Waals surface area contributed by atoms with Crippen molar-refractivity contribution in [1.29, 1.82) is 0 Å². The fourth-order valence-electron chi connectivity index (χ4n) is 3.89. The first-order valence-electron chi connectivity index (χ1n) is 11.2. The Balaban J connectivity index is 1.52. The molecule has 1 saturated heterocycles. The van der Waals surface area contributed by atoms with Crippen LogP contribution in [0.3, 0.4) is 0 Å². The van der Waals surface area contributed by atoms with E-state index in [4.69, 9.17) is 12.2 Å². The molecule has 8 nitrogen and oxygen atoms in total. The molecular weight excluding hydrogens is 483 g/mol. The monoisotopic (exact) mass is 506 g/mol. The highest BCUT2D eigenvalue weighted by atomic mass is 32.1. The van der Waals surface area contributed by atoms with Gasteiger partial charge in [0.15, 0.2) is 5.11 Å². The van der Waals surface area contributed by atoms with Crippen LogP contribution in [0.4, 0.5) is 15.8 Å². The lowest BCUT2D eigenvalue weighted by Crippen LogP contribution is -2.39. The van der Waals surface area contributed by atoms with Crippen molar-refractivity contribution < 1.29 is 23.5 Å². The largest absolute Gasteiger partial charge is 0.465 e. The van der Waals surface area contributed by atoms with Crippen molar-refractivity contribution in [3.05, 3.63) is 90.0 Å². The molecule has 1 unspecified atom stereocenters. The summed E-state index contributed by atoms with van der Waals surface area (Å²) in [5, 5.41) is 2.99. The van der Waals surface area contributed by atoms with Gasteiger partial charge in [-0.05, 0) is 72.9 Å². The van der Waals surface area contributed by atoms with E-state index in [2.05, 4.69) is 15.0 Å². The molecule has 36 heavy (non-hydrogen) atoms. The maximum Gasteiger partial charge on any atom is 0.337 e. The van der Waals surface area contributed by atoms with Crippen LogP contribution >= 0.6 is 12.2 Å². The van der Waals surface area contributed by atoms with E-state index in [9.17, 15) is 18.8 Å². The summed E-state index contributed by atoms with van der Waals surface area (Å²) in [6.45, 7) is 0.366. The number of pyridine rings is 1. The Hall–Kier alpha value is -4.18. The van der Waals surface area contributed by atoms with Gasteiger partial charge in [-0.25, -0.2) is 9.18 Å². The lowest BCUT2D eigenvalue weighted by atomic mass is 10.1. The van der Waals surface area contributed by atoms with Crippen LogP contribution in [-0.2, 0) is 20.7 Å². The van der Waals surface area contributed by atoms with Crippen molar-refractivity contribution >= 4 is 46.5 Å². The van der Waals surface area contributed by atoms with Gasteiger partial charge in [-0.3, -0.25) is 19.5 Å². The second kappa shape index (κ2) is 11.0. The number of esters is 1. The van der Waals surface area contributed by atoms with Gasteiger partial charge in [-0.15, -0.1) is 0 Å². The van der Waals surface area contributed by atoms with Crippen LogP contribution in [0.5, 0.6) is 0 Å². The molecule has 1 aromatic heterocycles.